The van der Waals surface area contributed by atoms with Gasteiger partial charge >= 0.3 is 0 Å². The van der Waals surface area contributed by atoms with E-state index < -0.39 is 21.5 Å². The largest absolute Gasteiger partial charge is 0.455 e. The van der Waals surface area contributed by atoms with Gasteiger partial charge in [-0.05, 0) is 111 Å². The van der Waals surface area contributed by atoms with Crippen LogP contribution in [0, 0.1) is 11.3 Å². The first-order chi connectivity index (χ1) is 30.2. The fourth-order valence-electron chi connectivity index (χ4n) is 10.9. The smallest absolute Gasteiger partial charge is 0.270 e. The Hall–Kier alpha value is -5.71. The molecule has 0 bridgehead atoms. The number of carbonyl (C=O) groups excluding carboxylic acids is 1. The van der Waals surface area contributed by atoms with E-state index in [1.54, 1.807) is 24.5 Å². The van der Waals surface area contributed by atoms with Crippen molar-refractivity contribution >= 4 is 55.2 Å². The molecule has 330 valence electrons. The van der Waals surface area contributed by atoms with Gasteiger partial charge in [0.15, 0.2) is 0 Å². The third-order valence-corrected chi connectivity index (χ3v) is 15.5. The number of nitrogen functional groups attached to an aromatic ring is 1. The zero-order valence-corrected chi connectivity index (χ0v) is 36.8. The van der Waals surface area contributed by atoms with Gasteiger partial charge in [-0.15, -0.1) is 0 Å². The van der Waals surface area contributed by atoms with Crippen LogP contribution in [-0.4, -0.2) is 87.1 Å². The van der Waals surface area contributed by atoms with Crippen molar-refractivity contribution in [1.29, 1.82) is 0 Å². The summed E-state index contributed by atoms with van der Waals surface area (Å²) in [7, 11) is -4.51. The lowest BCUT2D eigenvalue weighted by atomic mass is 9.60. The maximum absolute atomic E-state index is 14.1. The number of piperidine rings is 1. The summed E-state index contributed by atoms with van der Waals surface area (Å²) >= 11 is 0. The Labute approximate surface area is 367 Å². The van der Waals surface area contributed by atoms with Gasteiger partial charge in [0.05, 0.1) is 35.0 Å². The molecule has 1 spiro atoms. The number of hydrogen-bond donors (Lipinski definition) is 6. The minimum Gasteiger partial charge on any atom is -0.455 e. The number of carbonyl (C=O) groups is 1. The van der Waals surface area contributed by atoms with E-state index in [1.807, 2.05) is 13.0 Å². The summed E-state index contributed by atoms with van der Waals surface area (Å²) in [6.07, 6.45) is 14.3. The van der Waals surface area contributed by atoms with E-state index in [9.17, 15) is 18.3 Å². The zero-order valence-electron chi connectivity index (χ0n) is 36.0. The van der Waals surface area contributed by atoms with Crippen LogP contribution >= 0.6 is 0 Å². The Morgan fingerprint density at radius 3 is 2.59 bits per heavy atom. The fourth-order valence-corrected chi connectivity index (χ4v) is 12.1. The molecule has 1 amide bonds. The number of aromatic nitrogens is 5. The maximum atomic E-state index is 14.1. The van der Waals surface area contributed by atoms with Crippen molar-refractivity contribution in [3.63, 3.8) is 0 Å². The van der Waals surface area contributed by atoms with E-state index in [4.69, 9.17) is 15.5 Å². The molecule has 1 atom stereocenters. The Morgan fingerprint density at radius 2 is 1.81 bits per heavy atom. The van der Waals surface area contributed by atoms with Crippen molar-refractivity contribution in [3.05, 3.63) is 90.1 Å². The number of sulfonamides is 1. The van der Waals surface area contributed by atoms with Crippen molar-refractivity contribution < 1.29 is 23.1 Å². The van der Waals surface area contributed by atoms with E-state index >= 15 is 0 Å². The number of aromatic amines is 2. The molecule has 4 aromatic heterocycles. The number of pyridine rings is 2. The van der Waals surface area contributed by atoms with Crippen molar-refractivity contribution in [2.75, 3.05) is 42.1 Å². The first-order valence-electron chi connectivity index (χ1n) is 22.2. The second-order valence-electron chi connectivity index (χ2n) is 19.0. The second-order valence-corrected chi connectivity index (χ2v) is 20.7. The number of aliphatic hydroxyl groups is 1. The number of H-pyrrole nitrogens is 2. The zero-order chi connectivity index (χ0) is 43.7. The Kier molecular flexibility index (Phi) is 10.4. The normalized spacial score (nSPS) is 22.7. The van der Waals surface area contributed by atoms with Crippen molar-refractivity contribution in [2.24, 2.45) is 11.3 Å². The van der Waals surface area contributed by atoms with E-state index in [-0.39, 0.29) is 33.3 Å². The summed E-state index contributed by atoms with van der Waals surface area (Å²) in [6, 6.07) is 16.8. The number of nitrogens with one attached hydrogen (secondary N) is 4. The average molecular weight is 873 g/mol. The van der Waals surface area contributed by atoms with Crippen LogP contribution in [0.3, 0.4) is 0 Å². The molecule has 2 aliphatic heterocycles. The molecular weight excluding hydrogens is 817 g/mol. The Balaban J connectivity index is 0.860. The molecule has 2 saturated heterocycles. The highest BCUT2D eigenvalue weighted by atomic mass is 32.2. The lowest BCUT2D eigenvalue weighted by Gasteiger charge is -2.56. The summed E-state index contributed by atoms with van der Waals surface area (Å²) in [5.74, 6) is 0.996. The predicted molar refractivity (Wildman–Crippen MR) is 244 cm³/mol. The molecule has 2 aliphatic carbocycles. The van der Waals surface area contributed by atoms with Crippen molar-refractivity contribution in [3.8, 4) is 11.5 Å². The number of hydrogen-bond acceptors (Lipinski definition) is 12. The summed E-state index contributed by atoms with van der Waals surface area (Å²) in [5.41, 5.74) is 10.8. The van der Waals surface area contributed by atoms with Crippen LogP contribution in [0.1, 0.15) is 106 Å². The lowest BCUT2D eigenvalue weighted by molar-refractivity contribution is -0.0523. The molecular formula is C47H56N10O5S. The minimum absolute atomic E-state index is 0.0630. The molecule has 16 heteroatoms. The molecule has 2 aromatic carbocycles. The van der Waals surface area contributed by atoms with Gasteiger partial charge in [-0.25, -0.2) is 28.1 Å². The molecule has 4 fully saturated rings. The van der Waals surface area contributed by atoms with Gasteiger partial charge in [-0.2, -0.15) is 0 Å². The number of ether oxygens (including phenoxy) is 1. The second kappa shape index (κ2) is 15.8. The highest BCUT2D eigenvalue weighted by Crippen LogP contribution is 2.54. The van der Waals surface area contributed by atoms with Crippen molar-refractivity contribution in [1.82, 2.24) is 34.5 Å². The van der Waals surface area contributed by atoms with Crippen LogP contribution in [0.2, 0.25) is 0 Å². The van der Waals surface area contributed by atoms with Crippen LogP contribution < -0.4 is 25.4 Å². The van der Waals surface area contributed by atoms with Crippen LogP contribution in [0.15, 0.2) is 78.3 Å². The Morgan fingerprint density at radius 1 is 1.02 bits per heavy atom. The number of imidazole rings is 1. The number of likely N-dealkylation sites (tertiary alicyclic amines) is 1. The molecule has 63 heavy (non-hydrogen) atoms. The summed E-state index contributed by atoms with van der Waals surface area (Å²) < 4.78 is 36.7. The third-order valence-electron chi connectivity index (χ3n) is 14.2. The van der Waals surface area contributed by atoms with E-state index in [0.717, 1.165) is 37.9 Å². The minimum atomic E-state index is -4.51. The number of nitrogens with zero attached hydrogens (tertiary/aromatic N) is 5. The van der Waals surface area contributed by atoms with Gasteiger partial charge in [-0.1, -0.05) is 38.1 Å². The number of anilines is 3. The van der Waals surface area contributed by atoms with Gasteiger partial charge in [0.2, 0.25) is 0 Å². The number of rotatable bonds is 12. The molecule has 0 unspecified atom stereocenters. The average Bonchev–Trinajstić information content (AvgIpc) is 4.03. The monoisotopic (exact) mass is 872 g/mol. The molecule has 15 nitrogen and oxygen atoms in total. The molecule has 0 radical (unpaired) electrons. The maximum Gasteiger partial charge on any atom is 0.270 e. The SMILES string of the molecule is CC(C)c1ccccc1[C@@H]1CCCN1C1CC2(CCN(c3cc(Oc4cnc5[nH]ccc5c4)c(C(=O)NS(=O)(=O)c4cc(N)c(NCC5CC(C)(O)C5)c5[nH]cnc45)cn3)CC2)C1. The van der Waals surface area contributed by atoms with E-state index in [2.05, 4.69) is 77.9 Å². The highest BCUT2D eigenvalue weighted by Gasteiger charge is 2.50. The van der Waals surface area contributed by atoms with Gasteiger partial charge in [0.25, 0.3) is 15.9 Å². The first kappa shape index (κ1) is 41.3. The summed E-state index contributed by atoms with van der Waals surface area (Å²) in [4.78, 5) is 38.4. The molecule has 6 aromatic rings. The topological polar surface area (TPSA) is 207 Å². The fraction of sp³-hybridized carbons (Fsp3) is 0.447. The van der Waals surface area contributed by atoms with Crippen LogP contribution in [0.5, 0.6) is 11.5 Å². The Bertz CT molecular complexity index is 2800. The number of amides is 1. The molecule has 4 aliphatic rings. The van der Waals surface area contributed by atoms with Gasteiger partial charge < -0.3 is 35.8 Å². The lowest BCUT2D eigenvalue weighted by Crippen LogP contribution is -2.55. The number of fused-ring (bicyclic) bond motifs is 2. The van der Waals surface area contributed by atoms with Gasteiger partial charge in [0.1, 0.15) is 38.9 Å². The first-order valence-corrected chi connectivity index (χ1v) is 23.7. The van der Waals surface area contributed by atoms with Crippen molar-refractivity contribution in [2.45, 2.75) is 101 Å². The van der Waals surface area contributed by atoms with Gasteiger partial charge in [-0.3, -0.25) is 9.69 Å². The molecule has 2 saturated carbocycles. The molecule has 7 N–H and O–H groups in total. The number of nitrogens with two attached hydrogens (primary N) is 1. The summed E-state index contributed by atoms with van der Waals surface area (Å²) in [6.45, 7) is 9.71. The van der Waals surface area contributed by atoms with E-state index in [0.29, 0.717) is 71.2 Å². The van der Waals surface area contributed by atoms with E-state index in [1.165, 1.54) is 55.4 Å². The van der Waals surface area contributed by atoms with Crippen LogP contribution in [0.4, 0.5) is 17.2 Å². The molecule has 10 rings (SSSR count). The quantitative estimate of drug-likeness (QED) is 0.0657. The van der Waals surface area contributed by atoms with Gasteiger partial charge in [0, 0.05) is 55.6 Å². The predicted octanol–water partition coefficient (Wildman–Crippen LogP) is 7.61. The molecule has 6 heterocycles. The highest BCUT2D eigenvalue weighted by molar-refractivity contribution is 7.90. The van der Waals surface area contributed by atoms with Crippen LogP contribution in [0.25, 0.3) is 22.1 Å². The van der Waals surface area contributed by atoms with Crippen LogP contribution in [-0.2, 0) is 10.0 Å². The third kappa shape index (κ3) is 7.86. The summed E-state index contributed by atoms with van der Waals surface area (Å²) in [5, 5.41) is 14.3. The standard InChI is InChI=1S/C47H56N10O5S/c1-28(2)33-7-4-5-8-34(33)37-9-6-14-57(37)31-22-47(23-31)11-15-56(16-12-47)40-19-38(62-32-17-30-10-13-49-44(30)52-25-32)35(26-50-40)45(58)55-63(60,61)39-18-36(48)41(43-42(39)53-27-54-43)51-24-29-20-46(3,59)21-29/h4-5,7-8,10,13,17-19,25-29,31,37,51,59H,6,9,11-12,14-16,20-24,48H2,1-3H3,(H,49,52)(H,53,54)(H,55,58)/t29?,37-,46?/m0/s1. The number of benzene rings is 2.